The molecule has 2 heterocycles. The molecule has 0 N–H and O–H groups in total. The van der Waals surface area contributed by atoms with Crippen molar-refractivity contribution >= 4 is 27.8 Å². The van der Waals surface area contributed by atoms with Crippen LogP contribution in [0.25, 0.3) is 10.2 Å². The van der Waals surface area contributed by atoms with Gasteiger partial charge in [0.25, 0.3) is 5.56 Å². The highest BCUT2D eigenvalue weighted by atomic mass is 32.1. The number of carbonyl (C=O) groups excluding carboxylic acids is 1. The van der Waals surface area contributed by atoms with Crippen LogP contribution in [0.5, 0.6) is 0 Å². The summed E-state index contributed by atoms with van der Waals surface area (Å²) >= 11 is 1.18. The molecule has 1 unspecified atom stereocenters. The summed E-state index contributed by atoms with van der Waals surface area (Å²) < 4.78 is 7.93. The molecule has 0 bridgehead atoms. The van der Waals surface area contributed by atoms with Crippen molar-refractivity contribution in [1.82, 2.24) is 9.13 Å². The maximum atomic E-state index is 12.5. The molecular weight excluding hydrogens is 292 g/mol. The number of aldehydes is 1. The Morgan fingerprint density at radius 3 is 2.52 bits per heavy atom. The highest BCUT2D eigenvalue weighted by Gasteiger charge is 2.20. The number of methoxy groups -OCH3 is 1. The average Bonchev–Trinajstić information content (AvgIpc) is 2.80. The normalized spacial score (nSPS) is 12.8. The summed E-state index contributed by atoms with van der Waals surface area (Å²) in [6.07, 6.45) is 0.556. The van der Waals surface area contributed by atoms with Gasteiger partial charge in [0.05, 0.1) is 22.9 Å². The lowest BCUT2D eigenvalue weighted by Crippen LogP contribution is -2.40. The van der Waals surface area contributed by atoms with Crippen LogP contribution in [0.15, 0.2) is 9.59 Å². The van der Waals surface area contributed by atoms with E-state index in [0.29, 0.717) is 33.7 Å². The van der Waals surface area contributed by atoms with Gasteiger partial charge in [0.2, 0.25) is 0 Å². The minimum absolute atomic E-state index is 0.171. The summed E-state index contributed by atoms with van der Waals surface area (Å²) in [6.45, 7) is 5.96. The molecule has 21 heavy (non-hydrogen) atoms. The number of thiophene rings is 1. The minimum Gasteiger partial charge on any atom is -0.380 e. The predicted octanol–water partition coefficient (Wildman–Crippen LogP) is 1.40. The van der Waals surface area contributed by atoms with E-state index >= 15 is 0 Å². The Hall–Kier alpha value is -1.73. The lowest BCUT2D eigenvalue weighted by atomic mass is 10.2. The average molecular weight is 310 g/mol. The van der Waals surface area contributed by atoms with Crippen LogP contribution in [0.2, 0.25) is 0 Å². The van der Waals surface area contributed by atoms with Gasteiger partial charge in [0, 0.05) is 13.7 Å². The maximum absolute atomic E-state index is 12.5. The molecular formula is C14H18N2O4S. The van der Waals surface area contributed by atoms with Crippen molar-refractivity contribution in [1.29, 1.82) is 0 Å². The lowest BCUT2D eigenvalue weighted by Gasteiger charge is -2.14. The van der Waals surface area contributed by atoms with Crippen LogP contribution in [0.3, 0.4) is 0 Å². The Balaban J connectivity index is 2.91. The second-order valence-electron chi connectivity index (χ2n) is 4.88. The van der Waals surface area contributed by atoms with E-state index in [2.05, 4.69) is 0 Å². The van der Waals surface area contributed by atoms with Crippen LogP contribution in [-0.2, 0) is 17.8 Å². The molecule has 2 rings (SSSR count). The zero-order valence-corrected chi connectivity index (χ0v) is 13.3. The van der Waals surface area contributed by atoms with Gasteiger partial charge in [0.15, 0.2) is 6.29 Å². The van der Waals surface area contributed by atoms with E-state index in [1.54, 1.807) is 21.0 Å². The largest absolute Gasteiger partial charge is 0.380 e. The van der Waals surface area contributed by atoms with Crippen LogP contribution in [0, 0.1) is 6.92 Å². The number of carbonyl (C=O) groups is 1. The predicted molar refractivity (Wildman–Crippen MR) is 82.6 cm³/mol. The summed E-state index contributed by atoms with van der Waals surface area (Å²) in [5.74, 6) is 0. The fourth-order valence-electron chi connectivity index (χ4n) is 2.30. The second kappa shape index (κ2) is 5.95. The smallest absolute Gasteiger partial charge is 0.332 e. The van der Waals surface area contributed by atoms with Crippen molar-refractivity contribution in [2.45, 2.75) is 40.0 Å². The quantitative estimate of drug-likeness (QED) is 0.783. The SMILES string of the molecule is CCn1c(=O)c2c(C)c(C=O)sc2n(CC(C)OC)c1=O. The molecule has 0 aliphatic carbocycles. The van der Waals surface area contributed by atoms with Gasteiger partial charge >= 0.3 is 5.69 Å². The summed E-state index contributed by atoms with van der Waals surface area (Å²) in [5.41, 5.74) is -0.0608. The fraction of sp³-hybridized carbons (Fsp3) is 0.500. The lowest BCUT2D eigenvalue weighted by molar-refractivity contribution is 0.103. The number of fused-ring (bicyclic) bond motifs is 1. The van der Waals surface area contributed by atoms with E-state index in [1.807, 2.05) is 6.92 Å². The monoisotopic (exact) mass is 310 g/mol. The van der Waals surface area contributed by atoms with Crippen LogP contribution >= 0.6 is 11.3 Å². The van der Waals surface area contributed by atoms with E-state index in [9.17, 15) is 14.4 Å². The van der Waals surface area contributed by atoms with Crippen LogP contribution in [0.4, 0.5) is 0 Å². The van der Waals surface area contributed by atoms with Gasteiger partial charge < -0.3 is 4.74 Å². The number of ether oxygens (including phenoxy) is 1. The van der Waals surface area contributed by atoms with Gasteiger partial charge in [-0.05, 0) is 26.3 Å². The molecule has 1 atom stereocenters. The maximum Gasteiger partial charge on any atom is 0.332 e. The van der Waals surface area contributed by atoms with E-state index in [1.165, 1.54) is 20.5 Å². The summed E-state index contributed by atoms with van der Waals surface area (Å²) in [7, 11) is 1.57. The van der Waals surface area contributed by atoms with E-state index in [0.717, 1.165) is 6.29 Å². The summed E-state index contributed by atoms with van der Waals surface area (Å²) in [5, 5.41) is 0.451. The van der Waals surface area contributed by atoms with E-state index < -0.39 is 0 Å². The molecule has 7 heteroatoms. The van der Waals surface area contributed by atoms with E-state index in [4.69, 9.17) is 4.74 Å². The molecule has 0 fully saturated rings. The Kier molecular flexibility index (Phi) is 4.43. The molecule has 6 nitrogen and oxygen atoms in total. The molecule has 2 aromatic heterocycles. The first-order valence-electron chi connectivity index (χ1n) is 6.70. The number of nitrogens with zero attached hydrogens (tertiary/aromatic N) is 2. The Bertz CT molecular complexity index is 800. The Morgan fingerprint density at radius 2 is 2.00 bits per heavy atom. The topological polar surface area (TPSA) is 70.3 Å². The molecule has 0 amide bonds. The van der Waals surface area contributed by atoms with Crippen molar-refractivity contribution in [3.05, 3.63) is 31.3 Å². The van der Waals surface area contributed by atoms with Crippen molar-refractivity contribution in [2.24, 2.45) is 0 Å². The summed E-state index contributed by atoms with van der Waals surface area (Å²) in [4.78, 5) is 37.1. The first-order valence-corrected chi connectivity index (χ1v) is 7.52. The molecule has 0 aromatic carbocycles. The number of aromatic nitrogens is 2. The van der Waals surface area contributed by atoms with Crippen molar-refractivity contribution < 1.29 is 9.53 Å². The van der Waals surface area contributed by atoms with Crippen LogP contribution in [-0.4, -0.2) is 28.6 Å². The summed E-state index contributed by atoms with van der Waals surface area (Å²) in [6, 6.07) is 0. The standard InChI is InChI=1S/C14H18N2O4S/c1-5-15-12(18)11-9(3)10(7-17)21-13(11)16(14(15)19)6-8(2)20-4/h7-8H,5-6H2,1-4H3. The zero-order chi connectivity index (χ0) is 15.7. The van der Waals surface area contributed by atoms with Crippen molar-refractivity contribution in [3.63, 3.8) is 0 Å². The van der Waals surface area contributed by atoms with Gasteiger partial charge in [-0.15, -0.1) is 11.3 Å². The first kappa shape index (κ1) is 15.7. The van der Waals surface area contributed by atoms with Crippen molar-refractivity contribution in [3.8, 4) is 0 Å². The Morgan fingerprint density at radius 1 is 1.33 bits per heavy atom. The fourth-order valence-corrected chi connectivity index (χ4v) is 3.41. The first-order chi connectivity index (χ1) is 9.96. The third-order valence-electron chi connectivity index (χ3n) is 3.60. The van der Waals surface area contributed by atoms with Crippen molar-refractivity contribution in [2.75, 3.05) is 7.11 Å². The highest BCUT2D eigenvalue weighted by molar-refractivity contribution is 7.20. The molecule has 0 aliphatic heterocycles. The third-order valence-corrected chi connectivity index (χ3v) is 4.84. The second-order valence-corrected chi connectivity index (χ2v) is 5.91. The Labute approximate surface area is 125 Å². The third kappa shape index (κ3) is 2.47. The highest BCUT2D eigenvalue weighted by Crippen LogP contribution is 2.26. The molecule has 0 saturated heterocycles. The van der Waals surface area contributed by atoms with Gasteiger partial charge in [-0.25, -0.2) is 4.79 Å². The van der Waals surface area contributed by atoms with Gasteiger partial charge in [-0.1, -0.05) is 0 Å². The number of hydrogen-bond donors (Lipinski definition) is 0. The van der Waals surface area contributed by atoms with Gasteiger partial charge in [0.1, 0.15) is 4.83 Å². The number of aryl methyl sites for hydroxylation is 1. The van der Waals surface area contributed by atoms with E-state index in [-0.39, 0.29) is 17.4 Å². The molecule has 114 valence electrons. The molecule has 2 aromatic rings. The molecule has 0 radical (unpaired) electrons. The minimum atomic E-state index is -0.363. The van der Waals surface area contributed by atoms with Gasteiger partial charge in [-0.3, -0.25) is 18.7 Å². The number of hydrogen-bond acceptors (Lipinski definition) is 5. The number of rotatable bonds is 5. The van der Waals surface area contributed by atoms with Gasteiger partial charge in [-0.2, -0.15) is 0 Å². The molecule has 0 aliphatic rings. The molecule has 0 saturated carbocycles. The molecule has 0 spiro atoms. The van der Waals surface area contributed by atoms with Crippen LogP contribution < -0.4 is 11.2 Å². The zero-order valence-electron chi connectivity index (χ0n) is 12.5. The van der Waals surface area contributed by atoms with Crippen LogP contribution in [0.1, 0.15) is 29.1 Å².